The van der Waals surface area contributed by atoms with Gasteiger partial charge in [-0.25, -0.2) is 0 Å². The van der Waals surface area contributed by atoms with E-state index in [1.54, 1.807) is 0 Å². The number of aromatic amines is 1. The summed E-state index contributed by atoms with van der Waals surface area (Å²) in [5, 5.41) is 9.89. The van der Waals surface area contributed by atoms with Gasteiger partial charge in [-0.3, -0.25) is 9.89 Å². The van der Waals surface area contributed by atoms with Crippen molar-refractivity contribution >= 4 is 17.3 Å². The van der Waals surface area contributed by atoms with Gasteiger partial charge in [-0.15, -0.1) is 0 Å². The molecule has 5 heteroatoms. The number of nitrogens with one attached hydrogen (secondary N) is 2. The maximum Gasteiger partial charge on any atom is 0.228 e. The monoisotopic (exact) mass is 272 g/mol. The van der Waals surface area contributed by atoms with E-state index < -0.39 is 0 Å². The molecule has 1 aromatic carbocycles. The van der Waals surface area contributed by atoms with Crippen molar-refractivity contribution in [3.63, 3.8) is 0 Å². The molecule has 0 fully saturated rings. The van der Waals surface area contributed by atoms with Gasteiger partial charge >= 0.3 is 0 Å². The number of H-pyrrole nitrogens is 1. The van der Waals surface area contributed by atoms with E-state index in [1.807, 2.05) is 57.1 Å². The lowest BCUT2D eigenvalue weighted by Crippen LogP contribution is -2.15. The zero-order valence-electron chi connectivity index (χ0n) is 12.3. The SMILES string of the molecule is Cc1n[nH]c(C)c1CC(=O)Nc1ccc(N(C)C)cc1. The molecule has 0 aliphatic carbocycles. The lowest BCUT2D eigenvalue weighted by atomic mass is 10.1. The largest absolute Gasteiger partial charge is 0.378 e. The zero-order valence-corrected chi connectivity index (χ0v) is 12.3. The van der Waals surface area contributed by atoms with Gasteiger partial charge in [0.1, 0.15) is 0 Å². The number of carbonyl (C=O) groups is 1. The third-order valence-electron chi connectivity index (χ3n) is 3.29. The number of carbonyl (C=O) groups excluding carboxylic acids is 1. The fraction of sp³-hybridized carbons (Fsp3) is 0.333. The van der Waals surface area contributed by atoms with Crippen molar-refractivity contribution in [1.82, 2.24) is 10.2 Å². The van der Waals surface area contributed by atoms with Gasteiger partial charge in [0.05, 0.1) is 12.1 Å². The van der Waals surface area contributed by atoms with Crippen molar-refractivity contribution in [2.75, 3.05) is 24.3 Å². The van der Waals surface area contributed by atoms with Crippen molar-refractivity contribution in [2.24, 2.45) is 0 Å². The van der Waals surface area contributed by atoms with Crippen LogP contribution in [0.25, 0.3) is 0 Å². The number of aromatic nitrogens is 2. The van der Waals surface area contributed by atoms with Crippen molar-refractivity contribution in [3.8, 4) is 0 Å². The molecule has 2 N–H and O–H groups in total. The Hall–Kier alpha value is -2.30. The van der Waals surface area contributed by atoms with E-state index in [0.29, 0.717) is 6.42 Å². The van der Waals surface area contributed by atoms with Gasteiger partial charge in [0, 0.05) is 36.7 Å². The number of nitrogens with zero attached hydrogens (tertiary/aromatic N) is 2. The number of rotatable bonds is 4. The molecule has 0 aliphatic rings. The Morgan fingerprint density at radius 3 is 2.40 bits per heavy atom. The molecule has 1 amide bonds. The van der Waals surface area contributed by atoms with Crippen LogP contribution >= 0.6 is 0 Å². The highest BCUT2D eigenvalue weighted by Crippen LogP contribution is 2.16. The molecule has 5 nitrogen and oxygen atoms in total. The van der Waals surface area contributed by atoms with Crippen LogP contribution in [-0.4, -0.2) is 30.2 Å². The number of aryl methyl sites for hydroxylation is 2. The first-order chi connectivity index (χ1) is 9.47. The summed E-state index contributed by atoms with van der Waals surface area (Å²) in [6.07, 6.45) is 0.337. The maximum absolute atomic E-state index is 12.0. The van der Waals surface area contributed by atoms with Crippen LogP contribution in [0.15, 0.2) is 24.3 Å². The average molecular weight is 272 g/mol. The number of amides is 1. The lowest BCUT2D eigenvalue weighted by Gasteiger charge is -2.13. The fourth-order valence-electron chi connectivity index (χ4n) is 2.04. The zero-order chi connectivity index (χ0) is 14.7. The van der Waals surface area contributed by atoms with Gasteiger partial charge in [-0.2, -0.15) is 5.10 Å². The van der Waals surface area contributed by atoms with Crippen LogP contribution in [0.5, 0.6) is 0 Å². The summed E-state index contributed by atoms with van der Waals surface area (Å²) in [6.45, 7) is 3.83. The Labute approximate surface area is 119 Å². The van der Waals surface area contributed by atoms with Gasteiger partial charge in [-0.05, 0) is 38.1 Å². The highest BCUT2D eigenvalue weighted by Gasteiger charge is 2.11. The Balaban J connectivity index is 2.01. The molecule has 1 heterocycles. The summed E-state index contributed by atoms with van der Waals surface area (Å²) in [5.74, 6) is -0.0322. The summed E-state index contributed by atoms with van der Waals surface area (Å²) in [4.78, 5) is 14.1. The van der Waals surface area contributed by atoms with E-state index in [2.05, 4.69) is 15.5 Å². The number of benzene rings is 1. The Morgan fingerprint density at radius 2 is 1.90 bits per heavy atom. The van der Waals surface area contributed by atoms with Crippen LogP contribution in [0.2, 0.25) is 0 Å². The molecule has 0 bridgehead atoms. The molecule has 1 aromatic heterocycles. The summed E-state index contributed by atoms with van der Waals surface area (Å²) in [5.41, 5.74) is 4.69. The Morgan fingerprint density at radius 1 is 1.25 bits per heavy atom. The van der Waals surface area contributed by atoms with Gasteiger partial charge in [0.25, 0.3) is 0 Å². The van der Waals surface area contributed by atoms with E-state index in [-0.39, 0.29) is 5.91 Å². The fourth-order valence-corrected chi connectivity index (χ4v) is 2.04. The van der Waals surface area contributed by atoms with Crippen LogP contribution in [0.4, 0.5) is 11.4 Å². The number of anilines is 2. The molecule has 0 unspecified atom stereocenters. The van der Waals surface area contributed by atoms with Crippen molar-refractivity contribution in [3.05, 3.63) is 41.2 Å². The van der Waals surface area contributed by atoms with Gasteiger partial charge in [-0.1, -0.05) is 0 Å². The van der Waals surface area contributed by atoms with Gasteiger partial charge in [0.2, 0.25) is 5.91 Å². The van der Waals surface area contributed by atoms with Crippen LogP contribution < -0.4 is 10.2 Å². The minimum atomic E-state index is -0.0322. The molecular weight excluding hydrogens is 252 g/mol. The first-order valence-electron chi connectivity index (χ1n) is 6.55. The molecule has 106 valence electrons. The molecule has 0 atom stereocenters. The third-order valence-corrected chi connectivity index (χ3v) is 3.29. The minimum Gasteiger partial charge on any atom is -0.378 e. The highest BCUT2D eigenvalue weighted by atomic mass is 16.1. The molecule has 0 saturated heterocycles. The van der Waals surface area contributed by atoms with E-state index in [1.165, 1.54) is 0 Å². The Bertz CT molecular complexity index is 579. The number of hydrogen-bond donors (Lipinski definition) is 2. The smallest absolute Gasteiger partial charge is 0.228 e. The average Bonchev–Trinajstić information content (AvgIpc) is 2.71. The van der Waals surface area contributed by atoms with E-state index in [4.69, 9.17) is 0 Å². The normalized spacial score (nSPS) is 10.4. The summed E-state index contributed by atoms with van der Waals surface area (Å²) in [6, 6.07) is 7.76. The quantitative estimate of drug-likeness (QED) is 0.897. The van der Waals surface area contributed by atoms with Gasteiger partial charge in [0.15, 0.2) is 0 Å². The summed E-state index contributed by atoms with van der Waals surface area (Å²) < 4.78 is 0. The van der Waals surface area contributed by atoms with Crippen LogP contribution in [0.3, 0.4) is 0 Å². The standard InChI is InChI=1S/C15H20N4O/c1-10-14(11(2)18-17-10)9-15(20)16-12-5-7-13(8-6-12)19(3)4/h5-8H,9H2,1-4H3,(H,16,20)(H,17,18). The van der Waals surface area contributed by atoms with Crippen LogP contribution in [0, 0.1) is 13.8 Å². The minimum absolute atomic E-state index is 0.0322. The van der Waals surface area contributed by atoms with E-state index in [9.17, 15) is 4.79 Å². The van der Waals surface area contributed by atoms with Crippen LogP contribution in [-0.2, 0) is 11.2 Å². The van der Waals surface area contributed by atoms with Crippen molar-refractivity contribution in [2.45, 2.75) is 20.3 Å². The molecule has 20 heavy (non-hydrogen) atoms. The van der Waals surface area contributed by atoms with Gasteiger partial charge < -0.3 is 10.2 Å². The predicted molar refractivity (Wildman–Crippen MR) is 81.2 cm³/mol. The molecule has 0 saturated carbocycles. The topological polar surface area (TPSA) is 61.0 Å². The van der Waals surface area contributed by atoms with E-state index >= 15 is 0 Å². The molecule has 2 aromatic rings. The van der Waals surface area contributed by atoms with Crippen LogP contribution in [0.1, 0.15) is 17.0 Å². The second-order valence-electron chi connectivity index (χ2n) is 5.08. The van der Waals surface area contributed by atoms with E-state index in [0.717, 1.165) is 28.3 Å². The summed E-state index contributed by atoms with van der Waals surface area (Å²) in [7, 11) is 3.97. The number of hydrogen-bond acceptors (Lipinski definition) is 3. The molecule has 2 rings (SSSR count). The van der Waals surface area contributed by atoms with Crippen molar-refractivity contribution < 1.29 is 4.79 Å². The van der Waals surface area contributed by atoms with Crippen molar-refractivity contribution in [1.29, 1.82) is 0 Å². The molecular formula is C15H20N4O. The summed E-state index contributed by atoms with van der Waals surface area (Å²) >= 11 is 0. The third kappa shape index (κ3) is 3.17. The maximum atomic E-state index is 12.0. The molecule has 0 radical (unpaired) electrons. The first-order valence-corrected chi connectivity index (χ1v) is 6.55. The first kappa shape index (κ1) is 14.1. The predicted octanol–water partition coefficient (Wildman–Crippen LogP) is 2.27. The Kier molecular flexibility index (Phi) is 4.08. The second-order valence-corrected chi connectivity index (χ2v) is 5.08. The highest BCUT2D eigenvalue weighted by molar-refractivity contribution is 5.92. The second kappa shape index (κ2) is 5.77. The lowest BCUT2D eigenvalue weighted by molar-refractivity contribution is -0.115. The molecule has 0 aliphatic heterocycles. The molecule has 0 spiro atoms.